The van der Waals surface area contributed by atoms with Crippen LogP contribution in [0.15, 0.2) is 42.5 Å². The summed E-state index contributed by atoms with van der Waals surface area (Å²) in [6.45, 7) is 0.672. The Kier molecular flexibility index (Phi) is 4.86. The van der Waals surface area contributed by atoms with Crippen LogP contribution in [0.4, 0.5) is 5.69 Å². The minimum absolute atomic E-state index is 0.340. The van der Waals surface area contributed by atoms with E-state index in [2.05, 4.69) is 0 Å². The van der Waals surface area contributed by atoms with Crippen molar-refractivity contribution >= 4 is 46.1 Å². The van der Waals surface area contributed by atoms with Gasteiger partial charge in [-0.1, -0.05) is 53.6 Å². The van der Waals surface area contributed by atoms with E-state index in [4.69, 9.17) is 41.2 Å². The SMILES string of the molecule is CN(Cc1ccccc1Cl)c1ccc(C(N)=S)cc1Cl. The molecule has 0 fully saturated rings. The van der Waals surface area contributed by atoms with Crippen LogP contribution in [0, 0.1) is 0 Å². The Balaban J connectivity index is 2.23. The number of benzene rings is 2. The molecule has 20 heavy (non-hydrogen) atoms. The fourth-order valence-corrected chi connectivity index (χ4v) is 2.58. The molecule has 104 valence electrons. The average Bonchev–Trinajstić information content (AvgIpc) is 2.41. The number of halogens is 2. The highest BCUT2D eigenvalue weighted by Crippen LogP contribution is 2.28. The van der Waals surface area contributed by atoms with E-state index in [1.165, 1.54) is 0 Å². The molecular weight excluding hydrogens is 311 g/mol. The van der Waals surface area contributed by atoms with Gasteiger partial charge in [-0.3, -0.25) is 0 Å². The van der Waals surface area contributed by atoms with E-state index in [9.17, 15) is 0 Å². The van der Waals surface area contributed by atoms with Crippen LogP contribution in [-0.2, 0) is 6.54 Å². The lowest BCUT2D eigenvalue weighted by Crippen LogP contribution is -2.17. The number of nitrogens with two attached hydrogens (primary N) is 1. The van der Waals surface area contributed by atoms with Gasteiger partial charge in [-0.25, -0.2) is 0 Å². The summed E-state index contributed by atoms with van der Waals surface area (Å²) in [6.07, 6.45) is 0. The Hall–Kier alpha value is -1.29. The van der Waals surface area contributed by atoms with Gasteiger partial charge in [-0.2, -0.15) is 0 Å². The van der Waals surface area contributed by atoms with Gasteiger partial charge in [0.1, 0.15) is 4.99 Å². The molecule has 0 unspecified atom stereocenters. The molecule has 2 aromatic rings. The zero-order valence-electron chi connectivity index (χ0n) is 10.9. The quantitative estimate of drug-likeness (QED) is 0.852. The van der Waals surface area contributed by atoms with Crippen molar-refractivity contribution in [1.29, 1.82) is 0 Å². The zero-order valence-corrected chi connectivity index (χ0v) is 13.3. The number of thiocarbonyl (C=S) groups is 1. The lowest BCUT2D eigenvalue weighted by Gasteiger charge is -2.21. The van der Waals surface area contributed by atoms with Crippen molar-refractivity contribution in [3.8, 4) is 0 Å². The minimum Gasteiger partial charge on any atom is -0.389 e. The molecule has 2 aromatic carbocycles. The number of hydrogen-bond acceptors (Lipinski definition) is 2. The van der Waals surface area contributed by atoms with Gasteiger partial charge in [0, 0.05) is 24.2 Å². The molecule has 0 saturated carbocycles. The highest BCUT2D eigenvalue weighted by molar-refractivity contribution is 7.80. The molecule has 0 saturated heterocycles. The van der Waals surface area contributed by atoms with Crippen LogP contribution in [0.2, 0.25) is 10.0 Å². The van der Waals surface area contributed by atoms with E-state index in [0.717, 1.165) is 21.8 Å². The van der Waals surface area contributed by atoms with E-state index in [-0.39, 0.29) is 0 Å². The van der Waals surface area contributed by atoms with Gasteiger partial charge in [-0.05, 0) is 29.8 Å². The van der Waals surface area contributed by atoms with Gasteiger partial charge in [0.2, 0.25) is 0 Å². The Morgan fingerprint density at radius 2 is 1.85 bits per heavy atom. The van der Waals surface area contributed by atoms with Crippen molar-refractivity contribution in [1.82, 2.24) is 0 Å². The van der Waals surface area contributed by atoms with Crippen LogP contribution in [0.3, 0.4) is 0 Å². The lowest BCUT2D eigenvalue weighted by molar-refractivity contribution is 0.923. The van der Waals surface area contributed by atoms with Crippen LogP contribution in [0.1, 0.15) is 11.1 Å². The monoisotopic (exact) mass is 324 g/mol. The van der Waals surface area contributed by atoms with Crippen LogP contribution in [0.5, 0.6) is 0 Å². The van der Waals surface area contributed by atoms with E-state index < -0.39 is 0 Å². The minimum atomic E-state index is 0.340. The Morgan fingerprint density at radius 3 is 2.45 bits per heavy atom. The third-order valence-corrected chi connectivity index (χ3v) is 3.92. The summed E-state index contributed by atoms with van der Waals surface area (Å²) in [7, 11) is 1.96. The van der Waals surface area contributed by atoms with Crippen LogP contribution in [0.25, 0.3) is 0 Å². The average molecular weight is 325 g/mol. The first-order valence-corrected chi connectivity index (χ1v) is 7.19. The van der Waals surface area contributed by atoms with E-state index >= 15 is 0 Å². The molecule has 0 heterocycles. The first-order valence-electron chi connectivity index (χ1n) is 6.03. The summed E-state index contributed by atoms with van der Waals surface area (Å²) in [6, 6.07) is 13.3. The molecule has 0 aliphatic heterocycles. The molecule has 0 aromatic heterocycles. The van der Waals surface area contributed by atoms with E-state index in [1.807, 2.05) is 48.3 Å². The zero-order chi connectivity index (χ0) is 14.7. The Morgan fingerprint density at radius 1 is 1.15 bits per heavy atom. The van der Waals surface area contributed by atoms with Gasteiger partial charge in [-0.15, -0.1) is 0 Å². The topological polar surface area (TPSA) is 29.3 Å². The third kappa shape index (κ3) is 3.42. The van der Waals surface area contributed by atoms with Crippen molar-refractivity contribution in [3.05, 3.63) is 63.6 Å². The highest BCUT2D eigenvalue weighted by atomic mass is 35.5. The molecule has 0 spiro atoms. The third-order valence-electron chi connectivity index (χ3n) is 3.01. The fourth-order valence-electron chi connectivity index (χ4n) is 1.94. The first-order chi connectivity index (χ1) is 9.49. The summed E-state index contributed by atoms with van der Waals surface area (Å²) < 4.78 is 0. The van der Waals surface area contributed by atoms with Gasteiger partial charge < -0.3 is 10.6 Å². The second-order valence-electron chi connectivity index (χ2n) is 4.48. The second-order valence-corrected chi connectivity index (χ2v) is 5.73. The number of nitrogens with zero attached hydrogens (tertiary/aromatic N) is 1. The Labute approximate surface area is 134 Å². The van der Waals surface area contributed by atoms with E-state index in [0.29, 0.717) is 16.6 Å². The molecule has 5 heteroatoms. The highest BCUT2D eigenvalue weighted by Gasteiger charge is 2.10. The summed E-state index contributed by atoms with van der Waals surface area (Å²) in [5.74, 6) is 0. The van der Waals surface area contributed by atoms with E-state index in [1.54, 1.807) is 6.07 Å². The molecule has 0 amide bonds. The molecule has 0 aliphatic carbocycles. The molecule has 0 bridgehead atoms. The van der Waals surface area contributed by atoms with Gasteiger partial charge >= 0.3 is 0 Å². The smallest absolute Gasteiger partial charge is 0.104 e. The van der Waals surface area contributed by atoms with Crippen molar-refractivity contribution in [2.24, 2.45) is 5.73 Å². The largest absolute Gasteiger partial charge is 0.389 e. The van der Waals surface area contributed by atoms with Crippen molar-refractivity contribution in [2.75, 3.05) is 11.9 Å². The van der Waals surface area contributed by atoms with Crippen molar-refractivity contribution in [2.45, 2.75) is 6.54 Å². The predicted octanol–water partition coefficient (Wildman–Crippen LogP) is 4.26. The molecule has 2 nitrogen and oxygen atoms in total. The van der Waals surface area contributed by atoms with Gasteiger partial charge in [0.25, 0.3) is 0 Å². The Bertz CT molecular complexity index is 644. The lowest BCUT2D eigenvalue weighted by atomic mass is 10.1. The van der Waals surface area contributed by atoms with Gasteiger partial charge in [0.05, 0.1) is 10.7 Å². The number of hydrogen-bond donors (Lipinski definition) is 1. The van der Waals surface area contributed by atoms with Crippen LogP contribution < -0.4 is 10.6 Å². The molecule has 2 N–H and O–H groups in total. The first kappa shape index (κ1) is 15.1. The standard InChI is InChI=1S/C15H14Cl2N2S/c1-19(9-11-4-2-3-5-12(11)16)14-7-6-10(15(18)20)8-13(14)17/h2-8H,9H2,1H3,(H2,18,20). The molecular formula is C15H14Cl2N2S. The maximum absolute atomic E-state index is 6.28. The van der Waals surface area contributed by atoms with Crippen LogP contribution in [-0.4, -0.2) is 12.0 Å². The molecule has 0 radical (unpaired) electrons. The maximum atomic E-state index is 6.28. The maximum Gasteiger partial charge on any atom is 0.104 e. The molecule has 2 rings (SSSR count). The predicted molar refractivity (Wildman–Crippen MR) is 90.9 cm³/mol. The molecule has 0 atom stereocenters. The summed E-state index contributed by atoms with van der Waals surface area (Å²) in [5, 5.41) is 1.36. The molecule has 0 aliphatic rings. The van der Waals surface area contributed by atoms with Gasteiger partial charge in [0.15, 0.2) is 0 Å². The van der Waals surface area contributed by atoms with Crippen LogP contribution >= 0.6 is 35.4 Å². The number of anilines is 1. The summed E-state index contributed by atoms with van der Waals surface area (Å²) >= 11 is 17.4. The summed E-state index contributed by atoms with van der Waals surface area (Å²) in [4.78, 5) is 2.37. The van der Waals surface area contributed by atoms with Crippen molar-refractivity contribution in [3.63, 3.8) is 0 Å². The fraction of sp³-hybridized carbons (Fsp3) is 0.133. The van der Waals surface area contributed by atoms with Crippen molar-refractivity contribution < 1.29 is 0 Å². The summed E-state index contributed by atoms with van der Waals surface area (Å²) in [5.41, 5.74) is 8.31. The second kappa shape index (κ2) is 6.44. The normalized spacial score (nSPS) is 10.3. The number of rotatable bonds is 4.